The number of hydrogen-bond acceptors (Lipinski definition) is 4. The topological polar surface area (TPSA) is 47.0 Å². The Kier molecular flexibility index (Phi) is 4.31. The second kappa shape index (κ2) is 5.96. The molecule has 4 nitrogen and oxygen atoms in total. The standard InChI is InChI=1S/C13H21N3O/c1-10(2)5-6-17-13-9-15-12(8-16-13)7-14-11-3-4-11/h8-11,14H,3-7H2,1-2H3. The van der Waals surface area contributed by atoms with Gasteiger partial charge in [-0.25, -0.2) is 4.98 Å². The number of hydrogen-bond donors (Lipinski definition) is 1. The predicted octanol–water partition coefficient (Wildman–Crippen LogP) is 2.15. The molecule has 0 aliphatic heterocycles. The molecule has 94 valence electrons. The summed E-state index contributed by atoms with van der Waals surface area (Å²) in [5.41, 5.74) is 0.980. The highest BCUT2D eigenvalue weighted by Crippen LogP contribution is 2.19. The highest BCUT2D eigenvalue weighted by Gasteiger charge is 2.20. The lowest BCUT2D eigenvalue weighted by atomic mass is 10.1. The van der Waals surface area contributed by atoms with Crippen molar-refractivity contribution in [3.05, 3.63) is 18.1 Å². The van der Waals surface area contributed by atoms with Crippen LogP contribution in [0.4, 0.5) is 0 Å². The molecule has 1 aliphatic carbocycles. The molecule has 0 saturated heterocycles. The largest absolute Gasteiger partial charge is 0.477 e. The van der Waals surface area contributed by atoms with Crippen LogP contribution in [0.15, 0.2) is 12.4 Å². The molecule has 17 heavy (non-hydrogen) atoms. The molecule has 0 radical (unpaired) electrons. The van der Waals surface area contributed by atoms with E-state index in [2.05, 4.69) is 29.1 Å². The summed E-state index contributed by atoms with van der Waals surface area (Å²) in [6.07, 6.45) is 7.14. The lowest BCUT2D eigenvalue weighted by Gasteiger charge is -2.07. The molecule has 4 heteroatoms. The van der Waals surface area contributed by atoms with Gasteiger partial charge in [-0.3, -0.25) is 4.98 Å². The summed E-state index contributed by atoms with van der Waals surface area (Å²) in [4.78, 5) is 8.58. The SMILES string of the molecule is CC(C)CCOc1cnc(CNC2CC2)cn1. The van der Waals surface area contributed by atoms with E-state index in [0.717, 1.165) is 18.7 Å². The van der Waals surface area contributed by atoms with Crippen LogP contribution in [0.2, 0.25) is 0 Å². The molecule has 1 fully saturated rings. The van der Waals surface area contributed by atoms with E-state index in [1.54, 1.807) is 12.4 Å². The van der Waals surface area contributed by atoms with Gasteiger partial charge in [-0.2, -0.15) is 0 Å². The lowest BCUT2D eigenvalue weighted by Crippen LogP contribution is -2.16. The molecule has 1 aliphatic rings. The zero-order chi connectivity index (χ0) is 12.1. The highest BCUT2D eigenvalue weighted by atomic mass is 16.5. The zero-order valence-corrected chi connectivity index (χ0v) is 10.6. The van der Waals surface area contributed by atoms with Crippen molar-refractivity contribution in [3.63, 3.8) is 0 Å². The van der Waals surface area contributed by atoms with Crippen LogP contribution in [0, 0.1) is 5.92 Å². The molecule has 0 spiro atoms. The average Bonchev–Trinajstić information content (AvgIpc) is 3.11. The van der Waals surface area contributed by atoms with Crippen molar-refractivity contribution in [1.82, 2.24) is 15.3 Å². The summed E-state index contributed by atoms with van der Waals surface area (Å²) in [7, 11) is 0. The van der Waals surface area contributed by atoms with Gasteiger partial charge in [0.15, 0.2) is 0 Å². The smallest absolute Gasteiger partial charge is 0.232 e. The summed E-state index contributed by atoms with van der Waals surface area (Å²) < 4.78 is 5.52. The first-order valence-corrected chi connectivity index (χ1v) is 6.41. The van der Waals surface area contributed by atoms with Gasteiger partial charge in [0.05, 0.1) is 24.7 Å². The van der Waals surface area contributed by atoms with Gasteiger partial charge in [0.1, 0.15) is 0 Å². The molecule has 0 atom stereocenters. The zero-order valence-electron chi connectivity index (χ0n) is 10.6. The first-order valence-electron chi connectivity index (χ1n) is 6.41. The van der Waals surface area contributed by atoms with E-state index in [1.807, 2.05) is 0 Å². The Balaban J connectivity index is 1.72. The summed E-state index contributed by atoms with van der Waals surface area (Å²) >= 11 is 0. The van der Waals surface area contributed by atoms with Crippen molar-refractivity contribution in [1.29, 1.82) is 0 Å². The third kappa shape index (κ3) is 4.69. The van der Waals surface area contributed by atoms with Crippen LogP contribution in [0.1, 0.15) is 38.8 Å². The fourth-order valence-electron chi connectivity index (χ4n) is 1.44. The fraction of sp³-hybridized carbons (Fsp3) is 0.692. The van der Waals surface area contributed by atoms with E-state index < -0.39 is 0 Å². The molecular formula is C13H21N3O. The van der Waals surface area contributed by atoms with Gasteiger partial charge >= 0.3 is 0 Å². The van der Waals surface area contributed by atoms with Gasteiger partial charge in [0, 0.05) is 12.6 Å². The van der Waals surface area contributed by atoms with Crippen LogP contribution in [-0.4, -0.2) is 22.6 Å². The predicted molar refractivity (Wildman–Crippen MR) is 66.8 cm³/mol. The maximum atomic E-state index is 5.52. The van der Waals surface area contributed by atoms with Crippen molar-refractivity contribution in [2.75, 3.05) is 6.61 Å². The molecule has 1 aromatic heterocycles. The van der Waals surface area contributed by atoms with Crippen LogP contribution in [-0.2, 0) is 6.54 Å². The molecule has 1 N–H and O–H groups in total. The third-order valence-corrected chi connectivity index (χ3v) is 2.78. The average molecular weight is 235 g/mol. The number of aromatic nitrogens is 2. The molecule has 0 bridgehead atoms. The third-order valence-electron chi connectivity index (χ3n) is 2.78. The second-order valence-corrected chi connectivity index (χ2v) is 5.03. The normalized spacial score (nSPS) is 15.2. The number of ether oxygens (including phenoxy) is 1. The molecule has 2 rings (SSSR count). The van der Waals surface area contributed by atoms with Gasteiger partial charge in [0.25, 0.3) is 0 Å². The Morgan fingerprint density at radius 3 is 2.76 bits per heavy atom. The minimum Gasteiger partial charge on any atom is -0.477 e. The Hall–Kier alpha value is -1.16. The Morgan fingerprint density at radius 1 is 1.35 bits per heavy atom. The van der Waals surface area contributed by atoms with Crippen molar-refractivity contribution in [3.8, 4) is 5.88 Å². The number of nitrogens with zero attached hydrogens (tertiary/aromatic N) is 2. The van der Waals surface area contributed by atoms with E-state index in [4.69, 9.17) is 4.74 Å². The highest BCUT2D eigenvalue weighted by molar-refractivity contribution is 5.07. The molecule has 0 unspecified atom stereocenters. The van der Waals surface area contributed by atoms with E-state index >= 15 is 0 Å². The minimum absolute atomic E-state index is 0.626. The van der Waals surface area contributed by atoms with E-state index in [9.17, 15) is 0 Å². The maximum Gasteiger partial charge on any atom is 0.232 e. The molecule has 1 saturated carbocycles. The monoisotopic (exact) mass is 235 g/mol. The molecular weight excluding hydrogens is 214 g/mol. The summed E-state index contributed by atoms with van der Waals surface area (Å²) in [5, 5.41) is 3.41. The van der Waals surface area contributed by atoms with Gasteiger partial charge < -0.3 is 10.1 Å². The Bertz CT molecular complexity index is 333. The molecule has 1 heterocycles. The minimum atomic E-state index is 0.626. The van der Waals surface area contributed by atoms with Crippen LogP contribution in [0.5, 0.6) is 5.88 Å². The van der Waals surface area contributed by atoms with Crippen LogP contribution in [0.3, 0.4) is 0 Å². The van der Waals surface area contributed by atoms with Crippen molar-refractivity contribution < 1.29 is 4.74 Å². The van der Waals surface area contributed by atoms with Crippen molar-refractivity contribution in [2.24, 2.45) is 5.92 Å². The van der Waals surface area contributed by atoms with E-state index in [1.165, 1.54) is 12.8 Å². The molecule has 1 aromatic rings. The Labute approximate surface area is 103 Å². The molecule has 0 aromatic carbocycles. The fourth-order valence-corrected chi connectivity index (χ4v) is 1.44. The summed E-state index contributed by atoms with van der Waals surface area (Å²) in [6.45, 7) is 5.89. The van der Waals surface area contributed by atoms with Crippen LogP contribution < -0.4 is 10.1 Å². The lowest BCUT2D eigenvalue weighted by molar-refractivity contribution is 0.278. The van der Waals surface area contributed by atoms with Crippen molar-refractivity contribution >= 4 is 0 Å². The van der Waals surface area contributed by atoms with Crippen molar-refractivity contribution in [2.45, 2.75) is 45.7 Å². The van der Waals surface area contributed by atoms with E-state index in [0.29, 0.717) is 24.4 Å². The number of rotatable bonds is 7. The quantitative estimate of drug-likeness (QED) is 0.786. The van der Waals surface area contributed by atoms with Gasteiger partial charge in [0.2, 0.25) is 5.88 Å². The first kappa shape index (κ1) is 12.3. The van der Waals surface area contributed by atoms with Gasteiger partial charge in [-0.05, 0) is 25.2 Å². The van der Waals surface area contributed by atoms with Crippen LogP contribution in [0.25, 0.3) is 0 Å². The van der Waals surface area contributed by atoms with Gasteiger partial charge in [-0.1, -0.05) is 13.8 Å². The maximum absolute atomic E-state index is 5.52. The van der Waals surface area contributed by atoms with Gasteiger partial charge in [-0.15, -0.1) is 0 Å². The van der Waals surface area contributed by atoms with Crippen LogP contribution >= 0.6 is 0 Å². The van der Waals surface area contributed by atoms with E-state index in [-0.39, 0.29) is 0 Å². The summed E-state index contributed by atoms with van der Waals surface area (Å²) in [6, 6.07) is 0.707. The summed E-state index contributed by atoms with van der Waals surface area (Å²) in [5.74, 6) is 1.28. The Morgan fingerprint density at radius 2 is 2.18 bits per heavy atom. The molecule has 0 amide bonds. The first-order chi connectivity index (χ1) is 8.24. The second-order valence-electron chi connectivity index (χ2n) is 5.03. The number of nitrogens with one attached hydrogen (secondary N) is 1.